The molecule has 0 bridgehead atoms. The lowest BCUT2D eigenvalue weighted by Gasteiger charge is -2.35. The molecule has 0 aromatic rings. The third-order valence-electron chi connectivity index (χ3n) is 4.32. The van der Waals surface area contributed by atoms with Crippen LogP contribution in [-0.2, 0) is 9.53 Å². The predicted octanol–water partition coefficient (Wildman–Crippen LogP) is -0.539. The Labute approximate surface area is 128 Å². The van der Waals surface area contributed by atoms with Crippen molar-refractivity contribution in [2.45, 2.75) is 18.9 Å². The molecule has 0 spiro atoms. The molecule has 1 amide bonds. The van der Waals surface area contributed by atoms with Crippen LogP contribution in [0.3, 0.4) is 0 Å². The number of piperidine rings is 1. The van der Waals surface area contributed by atoms with Gasteiger partial charge < -0.3 is 19.9 Å². The minimum Gasteiger partial charge on any atom is -0.368 e. The zero-order valence-corrected chi connectivity index (χ0v) is 13.5. The Morgan fingerprint density at radius 3 is 2.48 bits per heavy atom. The molecule has 0 unspecified atom stereocenters. The van der Waals surface area contributed by atoms with Gasteiger partial charge in [-0.3, -0.25) is 9.69 Å². The molecule has 0 aliphatic carbocycles. The summed E-state index contributed by atoms with van der Waals surface area (Å²) in [5, 5.41) is 3.31. The van der Waals surface area contributed by atoms with Crippen molar-refractivity contribution in [2.24, 2.45) is 0 Å². The summed E-state index contributed by atoms with van der Waals surface area (Å²) in [6.07, 6.45) is 2.30. The van der Waals surface area contributed by atoms with E-state index >= 15 is 0 Å². The van der Waals surface area contributed by atoms with Gasteiger partial charge in [-0.05, 0) is 40.0 Å². The first-order valence-corrected chi connectivity index (χ1v) is 8.12. The van der Waals surface area contributed by atoms with E-state index in [1.54, 1.807) is 0 Å². The SMILES string of the molecule is CN(C)CCN1CCN(C(=O)COC2CCNCC2)CC1. The minimum absolute atomic E-state index is 0.154. The van der Waals surface area contributed by atoms with Crippen molar-refractivity contribution in [3.05, 3.63) is 0 Å². The van der Waals surface area contributed by atoms with Crippen molar-refractivity contribution in [2.75, 3.05) is 73.1 Å². The molecule has 6 nitrogen and oxygen atoms in total. The van der Waals surface area contributed by atoms with Gasteiger partial charge in [-0.2, -0.15) is 0 Å². The van der Waals surface area contributed by atoms with E-state index in [0.717, 1.165) is 65.2 Å². The largest absolute Gasteiger partial charge is 0.368 e. The van der Waals surface area contributed by atoms with Crippen molar-refractivity contribution in [3.63, 3.8) is 0 Å². The van der Waals surface area contributed by atoms with Crippen molar-refractivity contribution >= 4 is 5.91 Å². The van der Waals surface area contributed by atoms with Crippen LogP contribution in [0.25, 0.3) is 0 Å². The van der Waals surface area contributed by atoms with Crippen LogP contribution in [0.1, 0.15) is 12.8 Å². The highest BCUT2D eigenvalue weighted by atomic mass is 16.5. The zero-order chi connectivity index (χ0) is 15.1. The first-order valence-electron chi connectivity index (χ1n) is 8.12. The summed E-state index contributed by atoms with van der Waals surface area (Å²) in [4.78, 5) is 18.8. The first kappa shape index (κ1) is 16.7. The number of ether oxygens (including phenoxy) is 1. The fourth-order valence-corrected chi connectivity index (χ4v) is 2.80. The molecule has 122 valence electrons. The Bertz CT molecular complexity index is 311. The Morgan fingerprint density at radius 1 is 1.19 bits per heavy atom. The molecule has 2 saturated heterocycles. The second-order valence-electron chi connectivity index (χ2n) is 6.29. The van der Waals surface area contributed by atoms with Crippen molar-refractivity contribution in [1.29, 1.82) is 0 Å². The standard InChI is InChI=1S/C15H30N4O2/c1-17(2)7-8-18-9-11-19(12-10-18)15(20)13-21-14-3-5-16-6-4-14/h14,16H,3-13H2,1-2H3. The van der Waals surface area contributed by atoms with Crippen molar-refractivity contribution in [1.82, 2.24) is 20.0 Å². The van der Waals surface area contributed by atoms with Crippen molar-refractivity contribution < 1.29 is 9.53 Å². The maximum atomic E-state index is 12.2. The Balaban J connectivity index is 1.61. The summed E-state index contributed by atoms with van der Waals surface area (Å²) in [7, 11) is 4.19. The van der Waals surface area contributed by atoms with Crippen LogP contribution in [0.15, 0.2) is 0 Å². The highest BCUT2D eigenvalue weighted by Gasteiger charge is 2.22. The monoisotopic (exact) mass is 298 g/mol. The lowest BCUT2D eigenvalue weighted by molar-refractivity contribution is -0.140. The van der Waals surface area contributed by atoms with E-state index in [2.05, 4.69) is 29.2 Å². The van der Waals surface area contributed by atoms with Gasteiger partial charge in [0.15, 0.2) is 0 Å². The number of nitrogens with one attached hydrogen (secondary N) is 1. The molecule has 2 heterocycles. The van der Waals surface area contributed by atoms with Crippen LogP contribution in [0.5, 0.6) is 0 Å². The number of rotatable bonds is 6. The van der Waals surface area contributed by atoms with E-state index in [4.69, 9.17) is 4.74 Å². The molecule has 2 rings (SSSR count). The number of hydrogen-bond donors (Lipinski definition) is 1. The van der Waals surface area contributed by atoms with Crippen LogP contribution in [-0.4, -0.2) is 99.8 Å². The molecular formula is C15H30N4O2. The summed E-state index contributed by atoms with van der Waals surface area (Å²) < 4.78 is 5.75. The third kappa shape index (κ3) is 5.90. The van der Waals surface area contributed by atoms with Gasteiger partial charge in [-0.15, -0.1) is 0 Å². The fraction of sp³-hybridized carbons (Fsp3) is 0.933. The summed E-state index contributed by atoms with van der Waals surface area (Å²) in [5.41, 5.74) is 0. The molecule has 0 saturated carbocycles. The van der Waals surface area contributed by atoms with E-state index in [-0.39, 0.29) is 18.6 Å². The fourth-order valence-electron chi connectivity index (χ4n) is 2.80. The molecule has 0 radical (unpaired) electrons. The molecule has 6 heteroatoms. The smallest absolute Gasteiger partial charge is 0.248 e. The molecule has 2 aliphatic rings. The Kier molecular flexibility index (Phi) is 6.89. The maximum Gasteiger partial charge on any atom is 0.248 e. The molecule has 2 fully saturated rings. The van der Waals surface area contributed by atoms with Gasteiger partial charge in [-0.1, -0.05) is 0 Å². The lowest BCUT2D eigenvalue weighted by Crippen LogP contribution is -2.51. The average molecular weight is 298 g/mol. The minimum atomic E-state index is 0.154. The summed E-state index contributed by atoms with van der Waals surface area (Å²) in [5.74, 6) is 0.154. The van der Waals surface area contributed by atoms with E-state index < -0.39 is 0 Å². The van der Waals surface area contributed by atoms with Crippen LogP contribution in [0.2, 0.25) is 0 Å². The number of carbonyl (C=O) groups is 1. The van der Waals surface area contributed by atoms with Crippen LogP contribution in [0.4, 0.5) is 0 Å². The first-order chi connectivity index (χ1) is 10.1. The number of nitrogens with zero attached hydrogens (tertiary/aromatic N) is 3. The van der Waals surface area contributed by atoms with E-state index in [9.17, 15) is 4.79 Å². The van der Waals surface area contributed by atoms with Crippen LogP contribution < -0.4 is 5.32 Å². The van der Waals surface area contributed by atoms with Gasteiger partial charge in [0.1, 0.15) is 6.61 Å². The molecule has 0 aromatic carbocycles. The number of carbonyl (C=O) groups excluding carboxylic acids is 1. The number of piperazine rings is 1. The highest BCUT2D eigenvalue weighted by molar-refractivity contribution is 5.77. The quantitative estimate of drug-likeness (QED) is 0.714. The van der Waals surface area contributed by atoms with Crippen LogP contribution in [0, 0.1) is 0 Å². The zero-order valence-electron chi connectivity index (χ0n) is 13.5. The predicted molar refractivity (Wildman–Crippen MR) is 83.4 cm³/mol. The lowest BCUT2D eigenvalue weighted by atomic mass is 10.1. The van der Waals surface area contributed by atoms with Crippen molar-refractivity contribution in [3.8, 4) is 0 Å². The third-order valence-corrected chi connectivity index (χ3v) is 4.32. The second-order valence-corrected chi connectivity index (χ2v) is 6.29. The van der Waals surface area contributed by atoms with Gasteiger partial charge >= 0.3 is 0 Å². The molecule has 1 N–H and O–H groups in total. The van der Waals surface area contributed by atoms with E-state index in [1.807, 2.05) is 4.90 Å². The topological polar surface area (TPSA) is 48.0 Å². The van der Waals surface area contributed by atoms with Gasteiger partial charge in [-0.25, -0.2) is 0 Å². The number of amides is 1. The number of likely N-dealkylation sites (N-methyl/N-ethyl adjacent to an activating group) is 1. The highest BCUT2D eigenvalue weighted by Crippen LogP contribution is 2.08. The molecule has 21 heavy (non-hydrogen) atoms. The summed E-state index contributed by atoms with van der Waals surface area (Å²) in [6, 6.07) is 0. The second kappa shape index (κ2) is 8.68. The molecule has 2 aliphatic heterocycles. The van der Waals surface area contributed by atoms with E-state index in [1.165, 1.54) is 0 Å². The Morgan fingerprint density at radius 2 is 1.86 bits per heavy atom. The average Bonchev–Trinajstić information content (AvgIpc) is 2.52. The maximum absolute atomic E-state index is 12.2. The van der Waals surface area contributed by atoms with Gasteiger partial charge in [0.25, 0.3) is 0 Å². The van der Waals surface area contributed by atoms with Crippen LogP contribution >= 0.6 is 0 Å². The van der Waals surface area contributed by atoms with E-state index in [0.29, 0.717) is 0 Å². The number of hydrogen-bond acceptors (Lipinski definition) is 5. The summed E-state index contributed by atoms with van der Waals surface area (Å²) in [6.45, 7) is 8.05. The summed E-state index contributed by atoms with van der Waals surface area (Å²) >= 11 is 0. The van der Waals surface area contributed by atoms with Gasteiger partial charge in [0, 0.05) is 39.3 Å². The molecular weight excluding hydrogens is 268 g/mol. The van der Waals surface area contributed by atoms with Gasteiger partial charge in [0.2, 0.25) is 5.91 Å². The van der Waals surface area contributed by atoms with Gasteiger partial charge in [0.05, 0.1) is 6.10 Å². The molecule has 0 atom stereocenters. The molecule has 0 aromatic heterocycles. The normalized spacial score (nSPS) is 22.0. The Hall–Kier alpha value is -0.690.